The van der Waals surface area contributed by atoms with Gasteiger partial charge in [0, 0.05) is 19.2 Å². The van der Waals surface area contributed by atoms with Gasteiger partial charge >= 0.3 is 0 Å². The molecule has 0 atom stereocenters. The number of nitro groups is 1. The summed E-state index contributed by atoms with van der Waals surface area (Å²) >= 11 is 0. The van der Waals surface area contributed by atoms with Crippen LogP contribution in [0.25, 0.3) is 0 Å². The summed E-state index contributed by atoms with van der Waals surface area (Å²) in [6, 6.07) is 3.37. The standard InChI is InChI=1S/C9H9FN2O3/c10-8-3-6(12(13)14)1-2-9(8)15-7-4-11-5-7/h1-3,7,11H,4-5H2. The van der Waals surface area contributed by atoms with Crippen LogP contribution in [0.4, 0.5) is 10.1 Å². The molecule has 2 rings (SSSR count). The van der Waals surface area contributed by atoms with Gasteiger partial charge in [0.1, 0.15) is 6.10 Å². The molecule has 0 aliphatic carbocycles. The van der Waals surface area contributed by atoms with Gasteiger partial charge in [0.15, 0.2) is 11.6 Å². The summed E-state index contributed by atoms with van der Waals surface area (Å²) in [6.45, 7) is 1.35. The van der Waals surface area contributed by atoms with Gasteiger partial charge in [-0.1, -0.05) is 0 Å². The van der Waals surface area contributed by atoms with E-state index in [2.05, 4.69) is 5.32 Å². The fourth-order valence-corrected chi connectivity index (χ4v) is 1.22. The van der Waals surface area contributed by atoms with Crippen LogP contribution in [0.2, 0.25) is 0 Å². The minimum atomic E-state index is -0.698. The second-order valence-corrected chi connectivity index (χ2v) is 3.27. The molecule has 1 aliphatic heterocycles. The van der Waals surface area contributed by atoms with Gasteiger partial charge in [-0.25, -0.2) is 4.39 Å². The molecule has 0 bridgehead atoms. The zero-order valence-corrected chi connectivity index (χ0v) is 7.77. The van der Waals surface area contributed by atoms with Crippen molar-refractivity contribution in [2.24, 2.45) is 0 Å². The Morgan fingerprint density at radius 3 is 2.73 bits per heavy atom. The third-order valence-corrected chi connectivity index (χ3v) is 2.16. The Bertz CT molecular complexity index is 393. The number of rotatable bonds is 3. The number of nitro benzene ring substituents is 1. The average Bonchev–Trinajstić information content (AvgIpc) is 2.12. The van der Waals surface area contributed by atoms with E-state index >= 15 is 0 Å². The topological polar surface area (TPSA) is 64.4 Å². The van der Waals surface area contributed by atoms with Crippen LogP contribution in [0, 0.1) is 15.9 Å². The van der Waals surface area contributed by atoms with E-state index < -0.39 is 10.7 Å². The van der Waals surface area contributed by atoms with Gasteiger partial charge in [-0.15, -0.1) is 0 Å². The van der Waals surface area contributed by atoms with E-state index in [1.165, 1.54) is 12.1 Å². The highest BCUT2D eigenvalue weighted by Crippen LogP contribution is 2.23. The molecule has 5 nitrogen and oxygen atoms in total. The Balaban J connectivity index is 2.14. The highest BCUT2D eigenvalue weighted by molar-refractivity contribution is 5.37. The van der Waals surface area contributed by atoms with Gasteiger partial charge in [0.25, 0.3) is 5.69 Å². The van der Waals surface area contributed by atoms with E-state index in [-0.39, 0.29) is 17.5 Å². The fourth-order valence-electron chi connectivity index (χ4n) is 1.22. The van der Waals surface area contributed by atoms with E-state index in [9.17, 15) is 14.5 Å². The molecule has 0 radical (unpaired) electrons. The van der Waals surface area contributed by atoms with Crippen molar-refractivity contribution in [3.8, 4) is 5.75 Å². The molecule has 0 amide bonds. The number of benzene rings is 1. The van der Waals surface area contributed by atoms with Crippen LogP contribution in [-0.2, 0) is 0 Å². The molecule has 1 aliphatic rings. The normalized spacial score (nSPS) is 15.8. The van der Waals surface area contributed by atoms with Crippen LogP contribution in [0.15, 0.2) is 18.2 Å². The van der Waals surface area contributed by atoms with Gasteiger partial charge in [-0.3, -0.25) is 10.1 Å². The molecule has 0 unspecified atom stereocenters. The molecule has 0 aromatic heterocycles. The van der Waals surface area contributed by atoms with Crippen molar-refractivity contribution in [1.29, 1.82) is 0 Å². The molecule has 1 fully saturated rings. The van der Waals surface area contributed by atoms with Gasteiger partial charge in [0.05, 0.1) is 11.0 Å². The number of halogens is 1. The van der Waals surface area contributed by atoms with Crippen molar-refractivity contribution >= 4 is 5.69 Å². The van der Waals surface area contributed by atoms with Crippen molar-refractivity contribution in [2.75, 3.05) is 13.1 Å². The number of non-ortho nitro benzene ring substituents is 1. The summed E-state index contributed by atoms with van der Waals surface area (Å²) < 4.78 is 18.5. The van der Waals surface area contributed by atoms with Gasteiger partial charge in [0.2, 0.25) is 0 Å². The smallest absolute Gasteiger partial charge is 0.272 e. The summed E-state index contributed by atoms with van der Waals surface area (Å²) in [6.07, 6.45) is -0.0408. The summed E-state index contributed by atoms with van der Waals surface area (Å²) in [5, 5.41) is 13.3. The number of ether oxygens (including phenoxy) is 1. The summed E-state index contributed by atoms with van der Waals surface area (Å²) in [5.41, 5.74) is -0.272. The van der Waals surface area contributed by atoms with Crippen LogP contribution in [-0.4, -0.2) is 24.1 Å². The van der Waals surface area contributed by atoms with Crippen LogP contribution in [0.5, 0.6) is 5.75 Å². The summed E-state index contributed by atoms with van der Waals surface area (Å²) in [4.78, 5) is 9.70. The lowest BCUT2D eigenvalue weighted by molar-refractivity contribution is -0.385. The molecule has 1 heterocycles. The van der Waals surface area contributed by atoms with Crippen molar-refractivity contribution in [2.45, 2.75) is 6.10 Å². The first kappa shape index (κ1) is 9.85. The van der Waals surface area contributed by atoms with Crippen molar-refractivity contribution in [3.63, 3.8) is 0 Å². The quantitative estimate of drug-likeness (QED) is 0.601. The van der Waals surface area contributed by atoms with Crippen LogP contribution in [0.1, 0.15) is 0 Å². The molecule has 80 valence electrons. The maximum absolute atomic E-state index is 13.3. The monoisotopic (exact) mass is 212 g/mol. The average molecular weight is 212 g/mol. The summed E-state index contributed by atoms with van der Waals surface area (Å²) in [5.74, 6) is -0.636. The third kappa shape index (κ3) is 2.04. The molecule has 0 spiro atoms. The minimum absolute atomic E-state index is 0.0408. The van der Waals surface area contributed by atoms with Crippen molar-refractivity contribution in [1.82, 2.24) is 5.32 Å². The van der Waals surface area contributed by atoms with E-state index in [0.717, 1.165) is 6.07 Å². The Kier molecular flexibility index (Phi) is 2.51. The van der Waals surface area contributed by atoms with E-state index in [1.54, 1.807) is 0 Å². The van der Waals surface area contributed by atoms with Crippen LogP contribution in [0.3, 0.4) is 0 Å². The van der Waals surface area contributed by atoms with Crippen LogP contribution < -0.4 is 10.1 Å². The van der Waals surface area contributed by atoms with E-state index in [4.69, 9.17) is 4.74 Å². The van der Waals surface area contributed by atoms with Crippen molar-refractivity contribution < 1.29 is 14.1 Å². The number of hydrogen-bond donors (Lipinski definition) is 1. The first-order chi connectivity index (χ1) is 7.16. The maximum Gasteiger partial charge on any atom is 0.272 e. The molecule has 1 aromatic rings. The van der Waals surface area contributed by atoms with Crippen molar-refractivity contribution in [3.05, 3.63) is 34.1 Å². The molecule has 1 N–H and O–H groups in total. The molecule has 1 aromatic carbocycles. The molecule has 6 heteroatoms. The second-order valence-electron chi connectivity index (χ2n) is 3.27. The number of nitrogens with one attached hydrogen (secondary N) is 1. The Morgan fingerprint density at radius 1 is 1.53 bits per heavy atom. The van der Waals surface area contributed by atoms with E-state index in [1.807, 2.05) is 0 Å². The van der Waals surface area contributed by atoms with Gasteiger partial charge in [-0.2, -0.15) is 0 Å². The SMILES string of the molecule is O=[N+]([O-])c1ccc(OC2CNC2)c(F)c1. The maximum atomic E-state index is 13.3. The first-order valence-electron chi connectivity index (χ1n) is 4.48. The number of hydrogen-bond acceptors (Lipinski definition) is 4. The third-order valence-electron chi connectivity index (χ3n) is 2.16. The highest BCUT2D eigenvalue weighted by Gasteiger charge is 2.20. The Labute approximate surface area is 85.0 Å². The highest BCUT2D eigenvalue weighted by atomic mass is 19.1. The molecule has 15 heavy (non-hydrogen) atoms. The zero-order chi connectivity index (χ0) is 10.8. The summed E-state index contributed by atoms with van der Waals surface area (Å²) in [7, 11) is 0. The zero-order valence-electron chi connectivity index (χ0n) is 7.77. The molecule has 1 saturated heterocycles. The van der Waals surface area contributed by atoms with Gasteiger partial charge < -0.3 is 10.1 Å². The lowest BCUT2D eigenvalue weighted by atomic mass is 10.2. The molecule has 0 saturated carbocycles. The molecular weight excluding hydrogens is 203 g/mol. The van der Waals surface area contributed by atoms with E-state index in [0.29, 0.717) is 13.1 Å². The largest absolute Gasteiger partial charge is 0.485 e. The predicted octanol–water partition coefficient (Wildman–Crippen LogP) is 1.08. The Hall–Kier alpha value is -1.69. The first-order valence-corrected chi connectivity index (χ1v) is 4.48. The lowest BCUT2D eigenvalue weighted by Gasteiger charge is -2.27. The lowest BCUT2D eigenvalue weighted by Crippen LogP contribution is -2.50. The Morgan fingerprint density at radius 2 is 2.27 bits per heavy atom. The fraction of sp³-hybridized carbons (Fsp3) is 0.333. The second kappa shape index (κ2) is 3.82. The number of nitrogens with zero attached hydrogens (tertiary/aromatic N) is 1. The molecular formula is C9H9FN2O3. The predicted molar refractivity (Wildman–Crippen MR) is 50.3 cm³/mol. The van der Waals surface area contributed by atoms with Crippen LogP contribution >= 0.6 is 0 Å². The van der Waals surface area contributed by atoms with Gasteiger partial charge in [-0.05, 0) is 6.07 Å². The minimum Gasteiger partial charge on any atom is -0.485 e.